The molecule has 0 bridgehead atoms. The highest BCUT2D eigenvalue weighted by Crippen LogP contribution is 2.31. The standard InChI is InChI=1S/C17H17F2NO3S/c1-10(24-12-5-6-13(18)14(19)9-12)17(21)20-15-8-11(22-2)4-7-16(15)23-3/h4-10H,1-3H3,(H,20,21). The van der Waals surface area contributed by atoms with Gasteiger partial charge in [0, 0.05) is 11.0 Å². The summed E-state index contributed by atoms with van der Waals surface area (Å²) in [6.45, 7) is 1.67. The summed E-state index contributed by atoms with van der Waals surface area (Å²) < 4.78 is 36.5. The minimum Gasteiger partial charge on any atom is -0.497 e. The van der Waals surface area contributed by atoms with Crippen molar-refractivity contribution < 1.29 is 23.0 Å². The van der Waals surface area contributed by atoms with Crippen LogP contribution in [0.3, 0.4) is 0 Å². The van der Waals surface area contributed by atoms with Gasteiger partial charge in [-0.15, -0.1) is 11.8 Å². The normalized spacial score (nSPS) is 11.7. The van der Waals surface area contributed by atoms with Crippen molar-refractivity contribution in [2.45, 2.75) is 17.1 Å². The van der Waals surface area contributed by atoms with E-state index in [0.717, 1.165) is 23.9 Å². The molecule has 0 aromatic heterocycles. The summed E-state index contributed by atoms with van der Waals surface area (Å²) in [7, 11) is 3.02. The van der Waals surface area contributed by atoms with E-state index >= 15 is 0 Å². The Balaban J connectivity index is 2.09. The van der Waals surface area contributed by atoms with Crippen molar-refractivity contribution in [2.75, 3.05) is 19.5 Å². The molecule has 0 heterocycles. The molecule has 0 fully saturated rings. The number of rotatable bonds is 6. The molecule has 1 atom stereocenters. The van der Waals surface area contributed by atoms with Crippen molar-refractivity contribution >= 4 is 23.4 Å². The van der Waals surface area contributed by atoms with Gasteiger partial charge in [-0.05, 0) is 37.3 Å². The number of amides is 1. The molecular weight excluding hydrogens is 336 g/mol. The fourth-order valence-corrected chi connectivity index (χ4v) is 2.85. The van der Waals surface area contributed by atoms with Crippen molar-refractivity contribution in [3.63, 3.8) is 0 Å². The van der Waals surface area contributed by atoms with Crippen LogP contribution in [0.15, 0.2) is 41.3 Å². The van der Waals surface area contributed by atoms with Gasteiger partial charge in [0.25, 0.3) is 0 Å². The monoisotopic (exact) mass is 353 g/mol. The third-order valence-corrected chi connectivity index (χ3v) is 4.33. The zero-order chi connectivity index (χ0) is 17.7. The molecule has 0 saturated heterocycles. The number of nitrogens with one attached hydrogen (secondary N) is 1. The van der Waals surface area contributed by atoms with Gasteiger partial charge in [-0.3, -0.25) is 4.79 Å². The highest BCUT2D eigenvalue weighted by molar-refractivity contribution is 8.00. The fraction of sp³-hybridized carbons (Fsp3) is 0.235. The molecule has 7 heteroatoms. The van der Waals surface area contributed by atoms with Crippen LogP contribution >= 0.6 is 11.8 Å². The van der Waals surface area contributed by atoms with Crippen LogP contribution in [-0.4, -0.2) is 25.4 Å². The third-order valence-electron chi connectivity index (χ3n) is 3.24. The topological polar surface area (TPSA) is 47.6 Å². The zero-order valence-electron chi connectivity index (χ0n) is 13.4. The molecular formula is C17H17F2NO3S. The average molecular weight is 353 g/mol. The van der Waals surface area contributed by atoms with Crippen molar-refractivity contribution in [2.24, 2.45) is 0 Å². The van der Waals surface area contributed by atoms with Crippen LogP contribution in [0.2, 0.25) is 0 Å². The van der Waals surface area contributed by atoms with Gasteiger partial charge < -0.3 is 14.8 Å². The molecule has 1 unspecified atom stereocenters. The summed E-state index contributed by atoms with van der Waals surface area (Å²) >= 11 is 1.13. The second-order valence-electron chi connectivity index (χ2n) is 4.89. The second-order valence-corrected chi connectivity index (χ2v) is 6.31. The minimum absolute atomic E-state index is 0.295. The van der Waals surface area contributed by atoms with E-state index in [1.54, 1.807) is 25.1 Å². The van der Waals surface area contributed by atoms with E-state index in [1.165, 1.54) is 20.3 Å². The van der Waals surface area contributed by atoms with Crippen LogP contribution in [0, 0.1) is 11.6 Å². The highest BCUT2D eigenvalue weighted by atomic mass is 32.2. The molecule has 1 amide bonds. The lowest BCUT2D eigenvalue weighted by Gasteiger charge is -2.15. The quantitative estimate of drug-likeness (QED) is 0.794. The molecule has 0 aliphatic rings. The number of carbonyl (C=O) groups is 1. The number of methoxy groups -OCH3 is 2. The Kier molecular flexibility index (Phi) is 6.03. The van der Waals surface area contributed by atoms with Crippen molar-refractivity contribution in [3.05, 3.63) is 48.0 Å². The molecule has 1 N–H and O–H groups in total. The lowest BCUT2D eigenvalue weighted by molar-refractivity contribution is -0.115. The van der Waals surface area contributed by atoms with Gasteiger partial charge >= 0.3 is 0 Å². The zero-order valence-corrected chi connectivity index (χ0v) is 14.2. The molecule has 0 aliphatic carbocycles. The maximum Gasteiger partial charge on any atom is 0.237 e. The Morgan fingerprint density at radius 3 is 2.46 bits per heavy atom. The number of hydrogen-bond acceptors (Lipinski definition) is 4. The van der Waals surface area contributed by atoms with Gasteiger partial charge in [0.15, 0.2) is 11.6 Å². The van der Waals surface area contributed by atoms with Crippen LogP contribution in [0.5, 0.6) is 11.5 Å². The number of carbonyl (C=O) groups excluding carboxylic acids is 1. The summed E-state index contributed by atoms with van der Waals surface area (Å²) in [4.78, 5) is 12.8. The molecule has 0 radical (unpaired) electrons. The fourth-order valence-electron chi connectivity index (χ4n) is 1.95. The number of ether oxygens (including phenoxy) is 2. The Hall–Kier alpha value is -2.28. The van der Waals surface area contributed by atoms with E-state index in [1.807, 2.05) is 0 Å². The van der Waals surface area contributed by atoms with Crippen LogP contribution < -0.4 is 14.8 Å². The van der Waals surface area contributed by atoms with E-state index < -0.39 is 16.9 Å². The maximum absolute atomic E-state index is 13.2. The average Bonchev–Trinajstić information content (AvgIpc) is 2.58. The van der Waals surface area contributed by atoms with Gasteiger partial charge in [0.2, 0.25) is 5.91 Å². The molecule has 2 rings (SSSR count). The number of thioether (sulfide) groups is 1. The molecule has 2 aromatic carbocycles. The number of hydrogen-bond donors (Lipinski definition) is 1. The van der Waals surface area contributed by atoms with E-state index in [4.69, 9.17) is 9.47 Å². The Morgan fingerprint density at radius 2 is 1.83 bits per heavy atom. The smallest absolute Gasteiger partial charge is 0.237 e. The molecule has 128 valence electrons. The first-order valence-corrected chi connectivity index (χ1v) is 7.97. The Bertz CT molecular complexity index is 740. The lowest BCUT2D eigenvalue weighted by Crippen LogP contribution is -2.22. The Labute approximate surface area is 143 Å². The Morgan fingerprint density at radius 1 is 1.08 bits per heavy atom. The predicted octanol–water partition coefficient (Wildman–Crippen LogP) is 4.10. The molecule has 0 aliphatic heterocycles. The molecule has 4 nitrogen and oxygen atoms in total. The van der Waals surface area contributed by atoms with E-state index in [-0.39, 0.29) is 5.91 Å². The summed E-state index contributed by atoms with van der Waals surface area (Å²) in [6, 6.07) is 8.57. The molecule has 2 aromatic rings. The van der Waals surface area contributed by atoms with Crippen LogP contribution in [-0.2, 0) is 4.79 Å². The highest BCUT2D eigenvalue weighted by Gasteiger charge is 2.17. The summed E-state index contributed by atoms with van der Waals surface area (Å²) in [5.74, 6) is -1.09. The van der Waals surface area contributed by atoms with Crippen molar-refractivity contribution in [1.82, 2.24) is 0 Å². The first-order valence-electron chi connectivity index (χ1n) is 7.09. The molecule has 24 heavy (non-hydrogen) atoms. The lowest BCUT2D eigenvalue weighted by atomic mass is 10.2. The van der Waals surface area contributed by atoms with Gasteiger partial charge in [0.1, 0.15) is 11.5 Å². The second kappa shape index (κ2) is 8.01. The first-order chi connectivity index (χ1) is 11.4. The number of halogens is 2. The van der Waals surface area contributed by atoms with E-state index in [0.29, 0.717) is 22.1 Å². The minimum atomic E-state index is -0.943. The van der Waals surface area contributed by atoms with Crippen molar-refractivity contribution in [1.29, 1.82) is 0 Å². The van der Waals surface area contributed by atoms with Gasteiger partial charge in [-0.1, -0.05) is 0 Å². The third kappa shape index (κ3) is 4.38. The SMILES string of the molecule is COc1ccc(OC)c(NC(=O)C(C)Sc2ccc(F)c(F)c2)c1. The molecule has 0 spiro atoms. The number of anilines is 1. The summed E-state index contributed by atoms with van der Waals surface area (Å²) in [6.07, 6.45) is 0. The summed E-state index contributed by atoms with van der Waals surface area (Å²) in [5.41, 5.74) is 0.472. The van der Waals surface area contributed by atoms with Crippen LogP contribution in [0.1, 0.15) is 6.92 Å². The van der Waals surface area contributed by atoms with Gasteiger partial charge in [0.05, 0.1) is 25.2 Å². The van der Waals surface area contributed by atoms with Crippen molar-refractivity contribution in [3.8, 4) is 11.5 Å². The van der Waals surface area contributed by atoms with E-state index in [2.05, 4.69) is 5.32 Å². The van der Waals surface area contributed by atoms with Crippen LogP contribution in [0.25, 0.3) is 0 Å². The maximum atomic E-state index is 13.2. The van der Waals surface area contributed by atoms with Gasteiger partial charge in [-0.2, -0.15) is 0 Å². The largest absolute Gasteiger partial charge is 0.497 e. The van der Waals surface area contributed by atoms with Gasteiger partial charge in [-0.25, -0.2) is 8.78 Å². The van der Waals surface area contributed by atoms with E-state index in [9.17, 15) is 13.6 Å². The molecule has 0 saturated carbocycles. The van der Waals surface area contributed by atoms with Crippen LogP contribution in [0.4, 0.5) is 14.5 Å². The number of benzene rings is 2. The predicted molar refractivity (Wildman–Crippen MR) is 89.9 cm³/mol. The first kappa shape index (κ1) is 18.1. The summed E-state index contributed by atoms with van der Waals surface area (Å²) in [5, 5.41) is 2.23.